The fraction of sp³-hybridized carbons (Fsp3) is 0.355. The number of hydrogen-bond donors (Lipinski definition) is 1. The van der Waals surface area contributed by atoms with Crippen molar-refractivity contribution in [1.82, 2.24) is 10.2 Å². The molecule has 7 nitrogen and oxygen atoms in total. The molecular formula is C31H38BrN3O4S. The molecule has 0 spiro atoms. The minimum absolute atomic E-state index is 0.134. The van der Waals surface area contributed by atoms with Crippen LogP contribution in [0.2, 0.25) is 0 Å². The largest absolute Gasteiger partial charge is 0.354 e. The summed E-state index contributed by atoms with van der Waals surface area (Å²) in [6.07, 6.45) is 1.38. The molecule has 3 aromatic rings. The van der Waals surface area contributed by atoms with Crippen molar-refractivity contribution in [3.63, 3.8) is 0 Å². The second kappa shape index (κ2) is 13.9. The van der Waals surface area contributed by atoms with Crippen molar-refractivity contribution in [3.8, 4) is 0 Å². The minimum Gasteiger partial charge on any atom is -0.354 e. The van der Waals surface area contributed by atoms with Crippen LogP contribution >= 0.6 is 15.9 Å². The van der Waals surface area contributed by atoms with Crippen LogP contribution in [0.15, 0.2) is 77.3 Å². The number of sulfonamides is 1. The average molecular weight is 629 g/mol. The number of rotatable bonds is 12. The van der Waals surface area contributed by atoms with Crippen LogP contribution in [0.5, 0.6) is 0 Å². The van der Waals surface area contributed by atoms with Gasteiger partial charge in [0.1, 0.15) is 12.6 Å². The second-order valence-electron chi connectivity index (χ2n) is 10.6. The molecule has 0 aliphatic rings. The number of benzene rings is 3. The maximum atomic E-state index is 14.1. The van der Waals surface area contributed by atoms with Gasteiger partial charge in [-0.2, -0.15) is 0 Å². The number of nitrogens with one attached hydrogen (secondary N) is 1. The van der Waals surface area contributed by atoms with Gasteiger partial charge >= 0.3 is 0 Å². The Hall–Kier alpha value is -3.17. The predicted octanol–water partition coefficient (Wildman–Crippen LogP) is 5.24. The summed E-state index contributed by atoms with van der Waals surface area (Å²) in [5.74, 6) is -0.524. The van der Waals surface area contributed by atoms with Crippen molar-refractivity contribution in [2.75, 3.05) is 23.7 Å². The van der Waals surface area contributed by atoms with E-state index >= 15 is 0 Å². The zero-order valence-corrected chi connectivity index (χ0v) is 26.1. The molecule has 0 aliphatic heterocycles. The number of anilines is 1. The summed E-state index contributed by atoms with van der Waals surface area (Å²) in [5, 5.41) is 2.99. The zero-order chi connectivity index (χ0) is 29.4. The van der Waals surface area contributed by atoms with E-state index < -0.39 is 28.5 Å². The molecule has 9 heteroatoms. The Kier molecular flexibility index (Phi) is 10.9. The minimum atomic E-state index is -3.81. The van der Waals surface area contributed by atoms with E-state index in [1.807, 2.05) is 88.4 Å². The van der Waals surface area contributed by atoms with E-state index in [0.717, 1.165) is 37.3 Å². The van der Waals surface area contributed by atoms with Crippen molar-refractivity contribution in [1.29, 1.82) is 0 Å². The molecule has 1 unspecified atom stereocenters. The van der Waals surface area contributed by atoms with Crippen molar-refractivity contribution < 1.29 is 18.0 Å². The van der Waals surface area contributed by atoms with E-state index in [1.54, 1.807) is 12.1 Å². The molecule has 0 saturated carbocycles. The van der Waals surface area contributed by atoms with Gasteiger partial charge in [0.15, 0.2) is 0 Å². The molecule has 0 radical (unpaired) electrons. The fourth-order valence-electron chi connectivity index (χ4n) is 4.52. The summed E-state index contributed by atoms with van der Waals surface area (Å²) in [6.45, 7) is 7.94. The first kappa shape index (κ1) is 31.4. The van der Waals surface area contributed by atoms with Gasteiger partial charge in [0, 0.05) is 24.0 Å². The van der Waals surface area contributed by atoms with Crippen molar-refractivity contribution in [2.24, 2.45) is 5.92 Å². The molecule has 3 rings (SSSR count). The van der Waals surface area contributed by atoms with Gasteiger partial charge < -0.3 is 10.2 Å². The third kappa shape index (κ3) is 9.20. The molecule has 2 amide bonds. The summed E-state index contributed by atoms with van der Waals surface area (Å²) < 4.78 is 27.9. The van der Waals surface area contributed by atoms with Gasteiger partial charge in [0.25, 0.3) is 0 Å². The average Bonchev–Trinajstić information content (AvgIpc) is 2.87. The lowest BCUT2D eigenvalue weighted by Crippen LogP contribution is -2.53. The predicted molar refractivity (Wildman–Crippen MR) is 165 cm³/mol. The van der Waals surface area contributed by atoms with Gasteiger partial charge in [-0.1, -0.05) is 78.3 Å². The Balaban J connectivity index is 2.06. The smallest absolute Gasteiger partial charge is 0.244 e. The summed E-state index contributed by atoms with van der Waals surface area (Å²) in [6, 6.07) is 21.6. The molecule has 3 aromatic carbocycles. The van der Waals surface area contributed by atoms with E-state index in [0.29, 0.717) is 12.2 Å². The summed E-state index contributed by atoms with van der Waals surface area (Å²) in [7, 11) is -3.81. The molecule has 0 fully saturated rings. The van der Waals surface area contributed by atoms with Gasteiger partial charge in [-0.05, 0) is 66.3 Å². The van der Waals surface area contributed by atoms with Crippen molar-refractivity contribution in [3.05, 3.63) is 99.5 Å². The fourth-order valence-corrected chi connectivity index (χ4v) is 5.80. The number of carbonyl (C=O) groups excluding carboxylic acids is 2. The van der Waals surface area contributed by atoms with Crippen molar-refractivity contribution in [2.45, 2.75) is 46.7 Å². The van der Waals surface area contributed by atoms with Crippen LogP contribution in [0.4, 0.5) is 5.69 Å². The van der Waals surface area contributed by atoms with E-state index in [9.17, 15) is 18.0 Å². The monoisotopic (exact) mass is 627 g/mol. The highest BCUT2D eigenvalue weighted by molar-refractivity contribution is 9.10. The molecule has 0 saturated heterocycles. The Bertz CT molecular complexity index is 1410. The van der Waals surface area contributed by atoms with Gasteiger partial charge in [-0.3, -0.25) is 13.9 Å². The highest BCUT2D eigenvalue weighted by Gasteiger charge is 2.33. The Morgan fingerprint density at radius 1 is 0.900 bits per heavy atom. The third-order valence-corrected chi connectivity index (χ3v) is 8.01. The lowest BCUT2D eigenvalue weighted by Gasteiger charge is -2.33. The normalized spacial score (nSPS) is 12.2. The highest BCUT2D eigenvalue weighted by atomic mass is 79.9. The summed E-state index contributed by atoms with van der Waals surface area (Å²) in [5.41, 5.74) is 3.90. The first-order valence-corrected chi connectivity index (χ1v) is 15.9. The number of halogens is 1. The summed E-state index contributed by atoms with van der Waals surface area (Å²) in [4.78, 5) is 29.3. The molecular weight excluding hydrogens is 590 g/mol. The molecule has 0 aromatic heterocycles. The lowest BCUT2D eigenvalue weighted by atomic mass is 10.0. The molecule has 0 aliphatic carbocycles. The summed E-state index contributed by atoms with van der Waals surface area (Å²) >= 11 is 3.49. The van der Waals surface area contributed by atoms with Crippen LogP contribution < -0.4 is 9.62 Å². The zero-order valence-electron chi connectivity index (χ0n) is 23.7. The van der Waals surface area contributed by atoms with Crippen LogP contribution in [-0.4, -0.2) is 50.5 Å². The SMILES string of the molecule is Cc1cc(C)cc(N(CC(=O)N(Cc2cccc(Br)c2)C(Cc2ccccc2)C(=O)NCC(C)C)S(C)(=O)=O)c1. The number of carbonyl (C=O) groups is 2. The standard InChI is InChI=1S/C31H38BrN3O4S/c1-22(2)19-33-31(37)29(18-25-10-7-6-8-11-25)34(20-26-12-9-13-27(32)17-26)30(36)21-35(40(5,38)39)28-15-23(3)14-24(4)16-28/h6-17,22,29H,18-21H2,1-5H3,(H,33,37). The van der Waals surface area contributed by atoms with Crippen LogP contribution in [0, 0.1) is 19.8 Å². The number of aryl methyl sites for hydroxylation is 2. The second-order valence-corrected chi connectivity index (χ2v) is 13.4. The first-order valence-electron chi connectivity index (χ1n) is 13.2. The number of nitrogens with zero attached hydrogens (tertiary/aromatic N) is 2. The van der Waals surface area contributed by atoms with E-state index in [2.05, 4.69) is 21.2 Å². The Morgan fingerprint density at radius 3 is 2.10 bits per heavy atom. The lowest BCUT2D eigenvalue weighted by molar-refractivity contribution is -0.140. The van der Waals surface area contributed by atoms with Gasteiger partial charge in [0.05, 0.1) is 11.9 Å². The maximum absolute atomic E-state index is 14.1. The molecule has 0 heterocycles. The van der Waals surface area contributed by atoms with E-state index in [4.69, 9.17) is 0 Å². The Morgan fingerprint density at radius 2 is 1.52 bits per heavy atom. The van der Waals surface area contributed by atoms with Crippen LogP contribution in [0.1, 0.15) is 36.1 Å². The molecule has 0 bridgehead atoms. The molecule has 40 heavy (non-hydrogen) atoms. The molecule has 1 atom stereocenters. The molecule has 1 N–H and O–H groups in total. The van der Waals surface area contributed by atoms with Gasteiger partial charge in [0.2, 0.25) is 21.8 Å². The van der Waals surface area contributed by atoms with Crippen molar-refractivity contribution >= 4 is 43.5 Å². The van der Waals surface area contributed by atoms with Crippen LogP contribution in [0.3, 0.4) is 0 Å². The Labute approximate surface area is 246 Å². The van der Waals surface area contributed by atoms with Crippen LogP contribution in [-0.2, 0) is 32.6 Å². The topological polar surface area (TPSA) is 86.8 Å². The molecule has 214 valence electrons. The quantitative estimate of drug-likeness (QED) is 0.297. The number of hydrogen-bond acceptors (Lipinski definition) is 4. The van der Waals surface area contributed by atoms with Gasteiger partial charge in [-0.15, -0.1) is 0 Å². The highest BCUT2D eigenvalue weighted by Crippen LogP contribution is 2.23. The van der Waals surface area contributed by atoms with Crippen LogP contribution in [0.25, 0.3) is 0 Å². The van der Waals surface area contributed by atoms with E-state index in [1.165, 1.54) is 4.90 Å². The van der Waals surface area contributed by atoms with Gasteiger partial charge in [-0.25, -0.2) is 8.42 Å². The maximum Gasteiger partial charge on any atom is 0.244 e. The third-order valence-electron chi connectivity index (χ3n) is 6.37. The van der Waals surface area contributed by atoms with E-state index in [-0.39, 0.29) is 24.8 Å². The first-order chi connectivity index (χ1) is 18.8. The number of amides is 2.